The minimum atomic E-state index is -0.144. The number of benzene rings is 1. The molecule has 35 heavy (non-hydrogen) atoms. The van der Waals surface area contributed by atoms with Gasteiger partial charge in [-0.3, -0.25) is 14.6 Å². The fourth-order valence-electron chi connectivity index (χ4n) is 4.48. The van der Waals surface area contributed by atoms with Crippen molar-refractivity contribution in [3.8, 4) is 22.8 Å². The Labute approximate surface area is 202 Å². The highest BCUT2D eigenvalue weighted by molar-refractivity contribution is 5.95. The maximum atomic E-state index is 12.9. The Balaban J connectivity index is 1.36. The third-order valence-electron chi connectivity index (χ3n) is 6.32. The molecule has 4 heterocycles. The van der Waals surface area contributed by atoms with Crippen molar-refractivity contribution >= 4 is 16.8 Å². The van der Waals surface area contributed by atoms with Crippen molar-refractivity contribution in [2.24, 2.45) is 7.05 Å². The number of carbonyl (C=O) groups excluding carboxylic acids is 1. The van der Waals surface area contributed by atoms with Crippen LogP contribution in [0.5, 0.6) is 11.6 Å². The number of ether oxygens (including phenoxy) is 2. The monoisotopic (exact) mass is 470 g/mol. The van der Waals surface area contributed by atoms with Crippen molar-refractivity contribution in [2.45, 2.75) is 19.4 Å². The van der Waals surface area contributed by atoms with E-state index in [9.17, 15) is 9.59 Å². The van der Waals surface area contributed by atoms with Gasteiger partial charge in [0.25, 0.3) is 5.91 Å². The van der Waals surface area contributed by atoms with Crippen LogP contribution in [-0.4, -0.2) is 51.6 Å². The third kappa shape index (κ3) is 4.47. The van der Waals surface area contributed by atoms with Gasteiger partial charge in [0.1, 0.15) is 11.9 Å². The molecule has 0 saturated carbocycles. The first-order chi connectivity index (χ1) is 16.9. The molecule has 8 heteroatoms. The van der Waals surface area contributed by atoms with Crippen LogP contribution in [0.3, 0.4) is 0 Å². The lowest BCUT2D eigenvalue weighted by Gasteiger charge is -2.18. The molecule has 1 aliphatic heterocycles. The highest BCUT2D eigenvalue weighted by Crippen LogP contribution is 2.32. The number of likely N-dealkylation sites (tertiary alicyclic amines) is 1. The van der Waals surface area contributed by atoms with Gasteiger partial charge in [0.15, 0.2) is 0 Å². The molecule has 0 spiro atoms. The predicted molar refractivity (Wildman–Crippen MR) is 133 cm³/mol. The van der Waals surface area contributed by atoms with Crippen LogP contribution in [-0.2, 0) is 7.05 Å². The van der Waals surface area contributed by atoms with E-state index in [0.717, 1.165) is 39.8 Å². The zero-order valence-electron chi connectivity index (χ0n) is 19.9. The molecule has 0 radical (unpaired) electrons. The standard InChI is InChI=1S/C27H26N4O4/c1-17-12-19(14-29-26(17)34-3)22-8-10-28-24-6-5-20(13-23(22)24)35-21-9-11-31(16-21)27(33)18-4-7-25(32)30(2)15-18/h4-8,10,12-15,21H,9,11,16H2,1-3H3/t21-/m0/s1. The van der Waals surface area contributed by atoms with Gasteiger partial charge in [0, 0.05) is 61.2 Å². The molecule has 8 nitrogen and oxygen atoms in total. The fourth-order valence-corrected chi connectivity index (χ4v) is 4.48. The van der Waals surface area contributed by atoms with E-state index in [1.165, 1.54) is 10.6 Å². The summed E-state index contributed by atoms with van der Waals surface area (Å²) >= 11 is 0. The number of fused-ring (bicyclic) bond motifs is 1. The van der Waals surface area contributed by atoms with Gasteiger partial charge in [-0.25, -0.2) is 4.98 Å². The summed E-state index contributed by atoms with van der Waals surface area (Å²) in [7, 11) is 3.25. The Morgan fingerprint density at radius 2 is 1.97 bits per heavy atom. The van der Waals surface area contributed by atoms with Crippen LogP contribution in [0.25, 0.3) is 22.0 Å². The molecule has 1 aliphatic rings. The highest BCUT2D eigenvalue weighted by Gasteiger charge is 2.28. The Morgan fingerprint density at radius 3 is 2.74 bits per heavy atom. The van der Waals surface area contributed by atoms with Gasteiger partial charge in [-0.2, -0.15) is 0 Å². The van der Waals surface area contributed by atoms with Gasteiger partial charge in [-0.05, 0) is 48.9 Å². The minimum absolute atomic E-state index is 0.0981. The number of pyridine rings is 3. The van der Waals surface area contributed by atoms with Crippen molar-refractivity contribution in [3.63, 3.8) is 0 Å². The maximum absolute atomic E-state index is 12.9. The number of hydrogen-bond donors (Lipinski definition) is 0. The second kappa shape index (κ2) is 9.21. The molecule has 178 valence electrons. The highest BCUT2D eigenvalue weighted by atomic mass is 16.5. The lowest BCUT2D eigenvalue weighted by atomic mass is 10.0. The zero-order chi connectivity index (χ0) is 24.5. The first-order valence-electron chi connectivity index (χ1n) is 11.5. The summed E-state index contributed by atoms with van der Waals surface area (Å²) in [6, 6.07) is 12.9. The molecule has 0 unspecified atom stereocenters. The van der Waals surface area contributed by atoms with E-state index in [1.54, 1.807) is 43.7 Å². The summed E-state index contributed by atoms with van der Waals surface area (Å²) in [4.78, 5) is 35.2. The largest absolute Gasteiger partial charge is 0.488 e. The van der Waals surface area contributed by atoms with Crippen molar-refractivity contribution in [2.75, 3.05) is 20.2 Å². The first-order valence-corrected chi connectivity index (χ1v) is 11.5. The number of carbonyl (C=O) groups is 1. The van der Waals surface area contributed by atoms with Crippen LogP contribution in [0.1, 0.15) is 22.3 Å². The topological polar surface area (TPSA) is 86.6 Å². The SMILES string of the molecule is COc1ncc(-c2ccnc3ccc(O[C@H]4CCN(C(=O)c5ccc(=O)n(C)c5)C4)cc23)cc1C. The van der Waals surface area contributed by atoms with Gasteiger partial charge in [0.2, 0.25) is 11.4 Å². The van der Waals surface area contributed by atoms with Crippen molar-refractivity contribution in [3.05, 3.63) is 82.5 Å². The van der Waals surface area contributed by atoms with Gasteiger partial charge >= 0.3 is 0 Å². The summed E-state index contributed by atoms with van der Waals surface area (Å²) < 4.78 is 13.0. The molecule has 0 N–H and O–H groups in total. The van der Waals surface area contributed by atoms with Crippen LogP contribution < -0.4 is 15.0 Å². The molecule has 1 fully saturated rings. The lowest BCUT2D eigenvalue weighted by Crippen LogP contribution is -2.31. The Bertz CT molecular complexity index is 1480. The van der Waals surface area contributed by atoms with Crippen LogP contribution in [0.4, 0.5) is 0 Å². The summed E-state index contributed by atoms with van der Waals surface area (Å²) in [6.45, 7) is 3.06. The molecule has 1 saturated heterocycles. The van der Waals surface area contributed by atoms with E-state index < -0.39 is 0 Å². The fraction of sp³-hybridized carbons (Fsp3) is 0.259. The lowest BCUT2D eigenvalue weighted by molar-refractivity contribution is 0.0771. The second-order valence-corrected chi connectivity index (χ2v) is 8.73. The van der Waals surface area contributed by atoms with Crippen LogP contribution in [0, 0.1) is 6.92 Å². The quantitative estimate of drug-likeness (QED) is 0.443. The molecule has 4 aromatic rings. The van der Waals surface area contributed by atoms with E-state index in [1.807, 2.05) is 37.3 Å². The van der Waals surface area contributed by atoms with Crippen molar-refractivity contribution in [1.29, 1.82) is 0 Å². The van der Waals surface area contributed by atoms with Crippen molar-refractivity contribution < 1.29 is 14.3 Å². The number of rotatable bonds is 5. The van der Waals surface area contributed by atoms with Gasteiger partial charge in [-0.15, -0.1) is 0 Å². The van der Waals surface area contributed by atoms with E-state index in [-0.39, 0.29) is 17.6 Å². The Kier molecular flexibility index (Phi) is 5.94. The summed E-state index contributed by atoms with van der Waals surface area (Å²) in [5, 5.41) is 0.965. The normalized spacial score (nSPS) is 15.4. The number of amides is 1. The predicted octanol–water partition coefficient (Wildman–Crippen LogP) is 3.61. The molecular formula is C27H26N4O4. The van der Waals surface area contributed by atoms with E-state index in [0.29, 0.717) is 24.5 Å². The van der Waals surface area contributed by atoms with Crippen LogP contribution in [0.2, 0.25) is 0 Å². The van der Waals surface area contributed by atoms with E-state index in [2.05, 4.69) is 9.97 Å². The van der Waals surface area contributed by atoms with Gasteiger partial charge < -0.3 is 18.9 Å². The van der Waals surface area contributed by atoms with E-state index >= 15 is 0 Å². The summed E-state index contributed by atoms with van der Waals surface area (Å²) in [6.07, 6.45) is 5.78. The number of hydrogen-bond acceptors (Lipinski definition) is 6. The molecule has 1 aromatic carbocycles. The Hall–Kier alpha value is -4.20. The van der Waals surface area contributed by atoms with E-state index in [4.69, 9.17) is 9.47 Å². The second-order valence-electron chi connectivity index (χ2n) is 8.73. The number of nitrogens with zero attached hydrogens (tertiary/aromatic N) is 4. The van der Waals surface area contributed by atoms with Crippen molar-refractivity contribution in [1.82, 2.24) is 19.4 Å². The molecule has 5 rings (SSSR count). The maximum Gasteiger partial charge on any atom is 0.255 e. The molecule has 1 amide bonds. The smallest absolute Gasteiger partial charge is 0.255 e. The molecule has 1 atom stereocenters. The summed E-state index contributed by atoms with van der Waals surface area (Å²) in [5.41, 5.74) is 4.16. The minimum Gasteiger partial charge on any atom is -0.488 e. The molecular weight excluding hydrogens is 444 g/mol. The number of methoxy groups -OCH3 is 1. The Morgan fingerprint density at radius 1 is 1.11 bits per heavy atom. The first kappa shape index (κ1) is 22.6. The molecule has 0 bridgehead atoms. The van der Waals surface area contributed by atoms with Crippen LogP contribution in [0.15, 0.2) is 65.8 Å². The van der Waals surface area contributed by atoms with Gasteiger partial charge in [-0.1, -0.05) is 0 Å². The van der Waals surface area contributed by atoms with Crippen LogP contribution >= 0.6 is 0 Å². The molecule has 0 aliphatic carbocycles. The average molecular weight is 471 g/mol. The summed E-state index contributed by atoms with van der Waals surface area (Å²) in [5.74, 6) is 1.24. The zero-order valence-corrected chi connectivity index (χ0v) is 19.9. The molecule has 3 aromatic heterocycles. The number of aryl methyl sites for hydroxylation is 2. The number of aromatic nitrogens is 3. The third-order valence-corrected chi connectivity index (χ3v) is 6.32. The van der Waals surface area contributed by atoms with Gasteiger partial charge in [0.05, 0.1) is 24.7 Å². The average Bonchev–Trinajstić information content (AvgIpc) is 3.33.